The van der Waals surface area contributed by atoms with Crippen molar-refractivity contribution < 1.29 is 23.9 Å². The fourth-order valence-corrected chi connectivity index (χ4v) is 6.05. The Balaban J connectivity index is 1.32. The Labute approximate surface area is 234 Å². The lowest BCUT2D eigenvalue weighted by Crippen LogP contribution is -2.56. The Morgan fingerprint density at radius 2 is 1.95 bits per heavy atom. The predicted octanol–water partition coefficient (Wildman–Crippen LogP) is 4.62. The van der Waals surface area contributed by atoms with Gasteiger partial charge >= 0.3 is 6.03 Å². The molecule has 1 N–H and O–H groups in total. The molecule has 6 rings (SSSR count). The lowest BCUT2D eigenvalue weighted by atomic mass is 9.89. The fraction of sp³-hybridized carbons (Fsp3) is 0.452. The van der Waals surface area contributed by atoms with Gasteiger partial charge in [-0.3, -0.25) is 14.5 Å². The van der Waals surface area contributed by atoms with Crippen molar-refractivity contribution in [1.29, 1.82) is 0 Å². The number of urea groups is 1. The summed E-state index contributed by atoms with van der Waals surface area (Å²) >= 11 is 0. The van der Waals surface area contributed by atoms with Gasteiger partial charge in [0, 0.05) is 48.9 Å². The van der Waals surface area contributed by atoms with Crippen LogP contribution in [0.1, 0.15) is 72.1 Å². The molecule has 2 aromatic carbocycles. The number of carbonyl (C=O) groups is 3. The average molecular weight is 545 g/mol. The molecule has 4 heterocycles. The number of benzene rings is 2. The molecule has 210 valence electrons. The monoisotopic (exact) mass is 544 g/mol. The third-order valence-corrected chi connectivity index (χ3v) is 8.26. The number of fused-ring (bicyclic) bond motifs is 6. The number of amides is 4. The van der Waals surface area contributed by atoms with Gasteiger partial charge in [0.1, 0.15) is 12.0 Å². The first-order valence-corrected chi connectivity index (χ1v) is 14.3. The lowest BCUT2D eigenvalue weighted by molar-refractivity contribution is -0.132. The maximum atomic E-state index is 13.3. The molecule has 0 aliphatic carbocycles. The summed E-state index contributed by atoms with van der Waals surface area (Å²) in [6.07, 6.45) is 4.71. The van der Waals surface area contributed by atoms with E-state index >= 15 is 0 Å². The minimum atomic E-state index is -0.408. The summed E-state index contributed by atoms with van der Waals surface area (Å²) in [6.45, 7) is 4.83. The Bertz CT molecular complexity index is 1440. The molecule has 2 atom stereocenters. The zero-order chi connectivity index (χ0) is 27.8. The number of hydrogen-bond donors (Lipinski definition) is 1. The first-order valence-electron chi connectivity index (χ1n) is 14.3. The van der Waals surface area contributed by atoms with Crippen LogP contribution >= 0.6 is 0 Å². The normalized spacial score (nSPS) is 20.6. The first kappa shape index (κ1) is 26.4. The van der Waals surface area contributed by atoms with Gasteiger partial charge in [-0.05, 0) is 67.1 Å². The van der Waals surface area contributed by atoms with Crippen molar-refractivity contribution in [2.45, 2.75) is 64.3 Å². The second kappa shape index (κ2) is 11.0. The molecule has 2 bridgehead atoms. The number of aromatic nitrogens is 1. The van der Waals surface area contributed by atoms with E-state index in [1.165, 1.54) is 4.90 Å². The molecule has 2 fully saturated rings. The summed E-state index contributed by atoms with van der Waals surface area (Å²) in [5, 5.41) is 3.97. The molecule has 3 aliphatic heterocycles. The molecule has 2 saturated heterocycles. The molecule has 9 nitrogen and oxygen atoms in total. The van der Waals surface area contributed by atoms with Crippen molar-refractivity contribution in [2.75, 3.05) is 26.8 Å². The maximum Gasteiger partial charge on any atom is 0.326 e. The maximum absolute atomic E-state index is 13.3. The van der Waals surface area contributed by atoms with E-state index in [0.717, 1.165) is 65.6 Å². The SMILES string of the molecule is CCCCOc1ccc2c(c1)c1c(n2Cc2ccc(C(=O)NC3CCCCO3)cc2)CN2CC1C(=O)N(C)C2=O. The summed E-state index contributed by atoms with van der Waals surface area (Å²) in [6, 6.07) is 13.4. The summed E-state index contributed by atoms with van der Waals surface area (Å²) < 4.78 is 13.9. The molecule has 40 heavy (non-hydrogen) atoms. The number of unbranched alkanes of at least 4 members (excludes halogenated alkanes) is 1. The van der Waals surface area contributed by atoms with E-state index < -0.39 is 5.92 Å². The topological polar surface area (TPSA) is 93.1 Å². The summed E-state index contributed by atoms with van der Waals surface area (Å²) in [5.74, 6) is 0.0676. The Kier molecular flexibility index (Phi) is 7.23. The van der Waals surface area contributed by atoms with Crippen molar-refractivity contribution in [2.24, 2.45) is 0 Å². The number of nitrogens with zero attached hydrogens (tertiary/aromatic N) is 3. The van der Waals surface area contributed by atoms with E-state index in [1.807, 2.05) is 36.4 Å². The molecular weight excluding hydrogens is 508 g/mol. The molecular formula is C31H36N4O5. The molecule has 3 aromatic rings. The summed E-state index contributed by atoms with van der Waals surface area (Å²) in [7, 11) is 1.56. The number of carbonyl (C=O) groups excluding carboxylic acids is 3. The van der Waals surface area contributed by atoms with Crippen LogP contribution < -0.4 is 10.1 Å². The van der Waals surface area contributed by atoms with Gasteiger partial charge in [0.2, 0.25) is 5.91 Å². The summed E-state index contributed by atoms with van der Waals surface area (Å²) in [5.41, 5.74) is 4.57. The van der Waals surface area contributed by atoms with Crippen LogP contribution in [0.4, 0.5) is 4.79 Å². The van der Waals surface area contributed by atoms with Crippen LogP contribution in [-0.2, 0) is 22.6 Å². The lowest BCUT2D eigenvalue weighted by Gasteiger charge is -2.41. The van der Waals surface area contributed by atoms with E-state index in [0.29, 0.717) is 38.4 Å². The van der Waals surface area contributed by atoms with E-state index in [-0.39, 0.29) is 24.1 Å². The van der Waals surface area contributed by atoms with Gasteiger partial charge < -0.3 is 24.3 Å². The molecule has 3 aliphatic rings. The number of imide groups is 1. The number of nitrogens with one attached hydrogen (secondary N) is 1. The van der Waals surface area contributed by atoms with Crippen LogP contribution in [0.15, 0.2) is 42.5 Å². The smallest absolute Gasteiger partial charge is 0.326 e. The second-order valence-corrected chi connectivity index (χ2v) is 11.0. The highest BCUT2D eigenvalue weighted by Crippen LogP contribution is 2.41. The molecule has 0 spiro atoms. The van der Waals surface area contributed by atoms with Gasteiger partial charge in [-0.2, -0.15) is 0 Å². The number of likely N-dealkylation sites (N-methyl/N-ethyl adjacent to an activating group) is 1. The van der Waals surface area contributed by atoms with E-state index in [2.05, 4.69) is 22.9 Å². The average Bonchev–Trinajstić information content (AvgIpc) is 3.28. The van der Waals surface area contributed by atoms with Crippen molar-refractivity contribution in [1.82, 2.24) is 19.7 Å². The zero-order valence-electron chi connectivity index (χ0n) is 23.2. The van der Waals surface area contributed by atoms with Crippen LogP contribution in [0.25, 0.3) is 10.9 Å². The van der Waals surface area contributed by atoms with Gasteiger partial charge in [-0.25, -0.2) is 4.79 Å². The molecule has 4 amide bonds. The third-order valence-electron chi connectivity index (χ3n) is 8.26. The molecule has 1 aromatic heterocycles. The Hall–Kier alpha value is -3.85. The highest BCUT2D eigenvalue weighted by Gasteiger charge is 2.44. The largest absolute Gasteiger partial charge is 0.494 e. The van der Waals surface area contributed by atoms with Crippen LogP contribution in [0.3, 0.4) is 0 Å². The van der Waals surface area contributed by atoms with Gasteiger partial charge in [-0.15, -0.1) is 0 Å². The molecule has 9 heteroatoms. The van der Waals surface area contributed by atoms with Crippen LogP contribution in [0.5, 0.6) is 5.75 Å². The molecule has 2 unspecified atom stereocenters. The minimum Gasteiger partial charge on any atom is -0.494 e. The fourth-order valence-electron chi connectivity index (χ4n) is 6.05. The van der Waals surface area contributed by atoms with Gasteiger partial charge in [0.25, 0.3) is 5.91 Å². The van der Waals surface area contributed by atoms with Crippen molar-refractivity contribution >= 4 is 28.7 Å². The van der Waals surface area contributed by atoms with Gasteiger partial charge in [0.05, 0.1) is 19.1 Å². The summed E-state index contributed by atoms with van der Waals surface area (Å²) in [4.78, 5) is 41.8. The third kappa shape index (κ3) is 4.83. The predicted molar refractivity (Wildman–Crippen MR) is 150 cm³/mol. The highest BCUT2D eigenvalue weighted by atomic mass is 16.5. The number of hydrogen-bond acceptors (Lipinski definition) is 5. The van der Waals surface area contributed by atoms with Crippen molar-refractivity contribution in [3.8, 4) is 5.75 Å². The van der Waals surface area contributed by atoms with Gasteiger partial charge in [0.15, 0.2) is 0 Å². The number of rotatable bonds is 8. The molecule has 0 radical (unpaired) electrons. The Morgan fingerprint density at radius 1 is 1.12 bits per heavy atom. The van der Waals surface area contributed by atoms with Crippen molar-refractivity contribution in [3.05, 3.63) is 64.8 Å². The van der Waals surface area contributed by atoms with Crippen LogP contribution in [0, 0.1) is 0 Å². The van der Waals surface area contributed by atoms with Crippen LogP contribution in [0.2, 0.25) is 0 Å². The minimum absolute atomic E-state index is 0.139. The van der Waals surface area contributed by atoms with E-state index in [4.69, 9.17) is 9.47 Å². The van der Waals surface area contributed by atoms with Crippen molar-refractivity contribution in [3.63, 3.8) is 0 Å². The molecule has 0 saturated carbocycles. The standard InChI is InChI=1S/C31H36N4O5/c1-3-4-14-39-22-12-13-25-23(16-22)28-24-18-34(31(38)33(2)30(24)37)19-26(28)35(25)17-20-8-10-21(11-9-20)29(36)32-27-7-5-6-15-40-27/h8-13,16,24,27H,3-7,14-15,17-19H2,1-2H3,(H,32,36). The van der Waals surface area contributed by atoms with E-state index in [9.17, 15) is 14.4 Å². The Morgan fingerprint density at radius 3 is 2.70 bits per heavy atom. The highest BCUT2D eigenvalue weighted by molar-refractivity contribution is 6.04. The van der Waals surface area contributed by atoms with E-state index in [1.54, 1.807) is 11.9 Å². The quantitative estimate of drug-likeness (QED) is 0.418. The zero-order valence-corrected chi connectivity index (χ0v) is 23.2. The van der Waals surface area contributed by atoms with Crippen LogP contribution in [-0.4, -0.2) is 65.2 Å². The van der Waals surface area contributed by atoms with Gasteiger partial charge in [-0.1, -0.05) is 25.5 Å². The second-order valence-electron chi connectivity index (χ2n) is 11.0. The number of ether oxygens (including phenoxy) is 2. The first-order chi connectivity index (χ1) is 19.4.